The number of ether oxygens (including phenoxy) is 1. The largest absolute Gasteiger partial charge is 0.376 e. The van der Waals surface area contributed by atoms with Crippen molar-refractivity contribution in [1.82, 2.24) is 0 Å². The van der Waals surface area contributed by atoms with Gasteiger partial charge in [-0.1, -0.05) is 31.0 Å². The lowest BCUT2D eigenvalue weighted by Crippen LogP contribution is -2.20. The third-order valence-corrected chi connectivity index (χ3v) is 4.21. The number of hydrogen-bond donors (Lipinski definition) is 0. The molecule has 1 aliphatic carbocycles. The predicted octanol–water partition coefficient (Wildman–Crippen LogP) is 2.86. The molecule has 0 bridgehead atoms. The van der Waals surface area contributed by atoms with E-state index in [1.54, 1.807) is 6.08 Å². The third-order valence-electron chi connectivity index (χ3n) is 4.21. The maximum absolute atomic E-state index is 10.7. The molecule has 1 aromatic rings. The van der Waals surface area contributed by atoms with Crippen LogP contribution in [0.2, 0.25) is 0 Å². The van der Waals surface area contributed by atoms with Gasteiger partial charge in [-0.15, -0.1) is 0 Å². The van der Waals surface area contributed by atoms with Gasteiger partial charge in [-0.2, -0.15) is 4.99 Å². The maximum atomic E-state index is 10.7. The van der Waals surface area contributed by atoms with E-state index in [4.69, 9.17) is 4.74 Å². The Morgan fingerprint density at radius 2 is 2.06 bits per heavy atom. The standard InChI is InChI=1S/C15H17NO2/c17-11-16-15(6-1-2-7-15)14-4-3-13-10-18-8-5-12(13)9-14/h3-4,9H,1-2,5-8,10H2. The molecule has 18 heavy (non-hydrogen) atoms. The average Bonchev–Trinajstić information content (AvgIpc) is 2.88. The minimum Gasteiger partial charge on any atom is -0.376 e. The number of hydrogen-bond acceptors (Lipinski definition) is 3. The van der Waals surface area contributed by atoms with Crippen LogP contribution in [0.3, 0.4) is 0 Å². The van der Waals surface area contributed by atoms with E-state index in [1.807, 2.05) is 0 Å². The van der Waals surface area contributed by atoms with Gasteiger partial charge in [0.2, 0.25) is 6.08 Å². The molecule has 0 spiro atoms. The number of benzene rings is 1. The second-order valence-corrected chi connectivity index (χ2v) is 5.23. The fourth-order valence-corrected chi connectivity index (χ4v) is 3.17. The minimum atomic E-state index is -0.297. The predicted molar refractivity (Wildman–Crippen MR) is 68.1 cm³/mol. The number of carbonyl (C=O) groups excluding carboxylic acids is 1. The minimum absolute atomic E-state index is 0.297. The van der Waals surface area contributed by atoms with Crippen molar-refractivity contribution in [2.75, 3.05) is 6.61 Å². The van der Waals surface area contributed by atoms with Gasteiger partial charge in [0.15, 0.2) is 0 Å². The van der Waals surface area contributed by atoms with Gasteiger partial charge in [0.1, 0.15) is 0 Å². The number of fused-ring (bicyclic) bond motifs is 1. The summed E-state index contributed by atoms with van der Waals surface area (Å²) in [5.41, 5.74) is 3.51. The Labute approximate surface area is 107 Å². The van der Waals surface area contributed by atoms with Gasteiger partial charge in [-0.05, 0) is 36.0 Å². The molecule has 1 aliphatic heterocycles. The molecule has 0 amide bonds. The summed E-state index contributed by atoms with van der Waals surface area (Å²) in [5, 5.41) is 0. The summed E-state index contributed by atoms with van der Waals surface area (Å²) in [5.74, 6) is 0. The Morgan fingerprint density at radius 1 is 1.22 bits per heavy atom. The molecule has 0 aromatic heterocycles. The molecule has 0 atom stereocenters. The van der Waals surface area contributed by atoms with E-state index in [2.05, 4.69) is 23.2 Å². The smallest absolute Gasteiger partial charge is 0.235 e. The van der Waals surface area contributed by atoms with E-state index in [0.717, 1.165) is 38.7 Å². The van der Waals surface area contributed by atoms with Crippen molar-refractivity contribution in [2.24, 2.45) is 4.99 Å². The summed E-state index contributed by atoms with van der Waals surface area (Å²) >= 11 is 0. The first kappa shape index (κ1) is 11.6. The molecule has 1 aromatic carbocycles. The SMILES string of the molecule is O=C=NC1(c2ccc3c(c2)CCOC3)CCCC1. The Balaban J connectivity index is 2.02. The topological polar surface area (TPSA) is 38.7 Å². The molecular formula is C15H17NO2. The van der Waals surface area contributed by atoms with Crippen LogP contribution in [0.4, 0.5) is 0 Å². The first-order valence-electron chi connectivity index (χ1n) is 6.63. The molecule has 0 unspecified atom stereocenters. The fourth-order valence-electron chi connectivity index (χ4n) is 3.17. The molecule has 3 nitrogen and oxygen atoms in total. The van der Waals surface area contributed by atoms with Crippen LogP contribution >= 0.6 is 0 Å². The molecule has 0 saturated heterocycles. The van der Waals surface area contributed by atoms with Crippen molar-refractivity contribution in [3.8, 4) is 0 Å². The van der Waals surface area contributed by atoms with Gasteiger partial charge in [0, 0.05) is 0 Å². The van der Waals surface area contributed by atoms with Crippen molar-refractivity contribution in [2.45, 2.75) is 44.2 Å². The number of isocyanates is 1. The second-order valence-electron chi connectivity index (χ2n) is 5.23. The van der Waals surface area contributed by atoms with Gasteiger partial charge >= 0.3 is 0 Å². The highest BCUT2D eigenvalue weighted by Crippen LogP contribution is 2.42. The van der Waals surface area contributed by atoms with E-state index in [-0.39, 0.29) is 5.54 Å². The van der Waals surface area contributed by atoms with Crippen molar-refractivity contribution in [1.29, 1.82) is 0 Å². The van der Waals surface area contributed by atoms with Gasteiger partial charge in [0.25, 0.3) is 0 Å². The van der Waals surface area contributed by atoms with Gasteiger partial charge in [0.05, 0.1) is 18.8 Å². The molecule has 3 rings (SSSR count). The Bertz CT molecular complexity index is 497. The molecule has 2 aliphatic rings. The second kappa shape index (κ2) is 4.68. The zero-order valence-corrected chi connectivity index (χ0v) is 10.4. The van der Waals surface area contributed by atoms with E-state index in [1.165, 1.54) is 16.7 Å². The molecule has 1 fully saturated rings. The van der Waals surface area contributed by atoms with E-state index in [0.29, 0.717) is 6.61 Å². The van der Waals surface area contributed by atoms with Crippen molar-refractivity contribution in [3.05, 3.63) is 34.9 Å². The van der Waals surface area contributed by atoms with Gasteiger partial charge in [-0.3, -0.25) is 0 Å². The zero-order valence-electron chi connectivity index (χ0n) is 10.4. The van der Waals surface area contributed by atoms with Crippen LogP contribution in [0.5, 0.6) is 0 Å². The van der Waals surface area contributed by atoms with Gasteiger partial charge < -0.3 is 4.74 Å². The summed E-state index contributed by atoms with van der Waals surface area (Å²) in [7, 11) is 0. The first-order valence-corrected chi connectivity index (χ1v) is 6.63. The molecule has 1 heterocycles. The van der Waals surface area contributed by atoms with Crippen LogP contribution in [0.25, 0.3) is 0 Å². The summed E-state index contributed by atoms with van der Waals surface area (Å²) in [6, 6.07) is 6.47. The normalized spacial score (nSPS) is 21.1. The number of nitrogens with zero attached hydrogens (tertiary/aromatic N) is 1. The summed E-state index contributed by atoms with van der Waals surface area (Å²) in [6.07, 6.45) is 6.97. The van der Waals surface area contributed by atoms with Crippen LogP contribution in [0.1, 0.15) is 42.4 Å². The van der Waals surface area contributed by atoms with Crippen LogP contribution in [0.15, 0.2) is 23.2 Å². The highest BCUT2D eigenvalue weighted by Gasteiger charge is 2.36. The lowest BCUT2D eigenvalue weighted by Gasteiger charge is -2.25. The van der Waals surface area contributed by atoms with Crippen LogP contribution < -0.4 is 0 Å². The van der Waals surface area contributed by atoms with Crippen LogP contribution in [0, 0.1) is 0 Å². The molecule has 0 N–H and O–H groups in total. The monoisotopic (exact) mass is 243 g/mol. The molecule has 94 valence electrons. The Hall–Kier alpha value is -1.44. The molecule has 1 saturated carbocycles. The van der Waals surface area contributed by atoms with Crippen molar-refractivity contribution in [3.63, 3.8) is 0 Å². The van der Waals surface area contributed by atoms with E-state index >= 15 is 0 Å². The first-order chi connectivity index (χ1) is 8.84. The highest BCUT2D eigenvalue weighted by molar-refractivity contribution is 5.42. The van der Waals surface area contributed by atoms with Crippen molar-refractivity contribution < 1.29 is 9.53 Å². The van der Waals surface area contributed by atoms with Crippen molar-refractivity contribution >= 4 is 6.08 Å². The number of rotatable bonds is 2. The summed E-state index contributed by atoms with van der Waals surface area (Å²) in [6.45, 7) is 1.50. The Morgan fingerprint density at radius 3 is 2.83 bits per heavy atom. The average molecular weight is 243 g/mol. The fraction of sp³-hybridized carbons (Fsp3) is 0.533. The summed E-state index contributed by atoms with van der Waals surface area (Å²) < 4.78 is 5.45. The molecule has 3 heteroatoms. The highest BCUT2D eigenvalue weighted by atomic mass is 16.5. The van der Waals surface area contributed by atoms with Crippen LogP contribution in [-0.4, -0.2) is 12.7 Å². The summed E-state index contributed by atoms with van der Waals surface area (Å²) in [4.78, 5) is 14.9. The number of aliphatic imine (C=N–C) groups is 1. The zero-order chi connectivity index (χ0) is 12.4. The Kier molecular flexibility index (Phi) is 3.02. The lowest BCUT2D eigenvalue weighted by atomic mass is 9.86. The van der Waals surface area contributed by atoms with Crippen LogP contribution in [-0.2, 0) is 28.1 Å². The quantitative estimate of drug-likeness (QED) is 0.591. The molecule has 0 radical (unpaired) electrons. The third kappa shape index (κ3) is 1.90. The van der Waals surface area contributed by atoms with E-state index < -0.39 is 0 Å². The van der Waals surface area contributed by atoms with E-state index in [9.17, 15) is 4.79 Å². The molecular weight excluding hydrogens is 226 g/mol. The maximum Gasteiger partial charge on any atom is 0.235 e. The van der Waals surface area contributed by atoms with Gasteiger partial charge in [-0.25, -0.2) is 4.79 Å². The lowest BCUT2D eigenvalue weighted by molar-refractivity contribution is 0.110.